The van der Waals surface area contributed by atoms with Crippen LogP contribution in [0, 0.1) is 0 Å². The van der Waals surface area contributed by atoms with Gasteiger partial charge in [0.25, 0.3) is 0 Å². The summed E-state index contributed by atoms with van der Waals surface area (Å²) in [5, 5.41) is 3.67. The van der Waals surface area contributed by atoms with Crippen molar-refractivity contribution in [3.63, 3.8) is 0 Å². The van der Waals surface area contributed by atoms with Crippen LogP contribution in [0.5, 0.6) is 0 Å². The third-order valence-corrected chi connectivity index (χ3v) is 5.93. The van der Waals surface area contributed by atoms with E-state index in [1.165, 1.54) is 0 Å². The van der Waals surface area contributed by atoms with Crippen LogP contribution in [0.1, 0.15) is 32.0 Å². The number of rotatable bonds is 5. The Kier molecular flexibility index (Phi) is 5.11. The van der Waals surface area contributed by atoms with Crippen molar-refractivity contribution >= 4 is 50.4 Å². The molecule has 6 nitrogen and oxygen atoms in total. The number of Topliss-reactive ketones (excluding diaryl/α,β-unsaturated/α-hetero) is 2. The summed E-state index contributed by atoms with van der Waals surface area (Å²) in [5.41, 5.74) is 2.50. The van der Waals surface area contributed by atoms with E-state index in [1.54, 1.807) is 54.9 Å². The Morgan fingerprint density at radius 3 is 2.47 bits per heavy atom. The third-order valence-electron chi connectivity index (χ3n) is 5.43. The van der Waals surface area contributed by atoms with Gasteiger partial charge in [-0.05, 0) is 36.4 Å². The lowest BCUT2D eigenvalue weighted by Crippen LogP contribution is -2.26. The number of hydrogen-bond acceptors (Lipinski definition) is 4. The van der Waals surface area contributed by atoms with Crippen molar-refractivity contribution in [2.75, 3.05) is 0 Å². The average molecular weight is 489 g/mol. The van der Waals surface area contributed by atoms with Crippen molar-refractivity contribution in [2.45, 2.75) is 13.1 Å². The number of fused-ring (bicyclic) bond motifs is 2. The van der Waals surface area contributed by atoms with Gasteiger partial charge in [0.2, 0.25) is 5.91 Å². The first-order valence-corrected chi connectivity index (χ1v) is 10.8. The zero-order valence-corrected chi connectivity index (χ0v) is 18.4. The summed E-state index contributed by atoms with van der Waals surface area (Å²) < 4.78 is 7.91. The molecule has 0 spiro atoms. The number of ketones is 2. The van der Waals surface area contributed by atoms with E-state index in [-0.39, 0.29) is 29.6 Å². The molecule has 158 valence electrons. The molecular formula is C25H17BrN2O4. The second kappa shape index (κ2) is 8.09. The molecular weight excluding hydrogens is 472 g/mol. The van der Waals surface area contributed by atoms with Gasteiger partial charge in [-0.25, -0.2) is 0 Å². The Morgan fingerprint density at radius 2 is 1.78 bits per heavy atom. The van der Waals surface area contributed by atoms with Crippen molar-refractivity contribution < 1.29 is 18.8 Å². The van der Waals surface area contributed by atoms with Gasteiger partial charge >= 0.3 is 0 Å². The van der Waals surface area contributed by atoms with Crippen molar-refractivity contribution in [2.24, 2.45) is 0 Å². The Labute approximate surface area is 191 Å². The van der Waals surface area contributed by atoms with Gasteiger partial charge in [-0.1, -0.05) is 40.2 Å². The van der Waals surface area contributed by atoms with Crippen LogP contribution in [-0.4, -0.2) is 22.0 Å². The number of halogens is 1. The van der Waals surface area contributed by atoms with Crippen LogP contribution in [0.25, 0.3) is 17.0 Å². The minimum Gasteiger partial charge on any atom is -0.467 e. The van der Waals surface area contributed by atoms with Gasteiger partial charge in [0.05, 0.1) is 18.4 Å². The molecule has 4 aromatic rings. The zero-order chi connectivity index (χ0) is 22.2. The molecule has 2 aromatic heterocycles. The number of carbonyl (C=O) groups is 3. The van der Waals surface area contributed by atoms with Crippen LogP contribution >= 0.6 is 15.9 Å². The Morgan fingerprint density at radius 1 is 1.03 bits per heavy atom. The highest BCUT2D eigenvalue weighted by atomic mass is 79.9. The molecule has 0 aliphatic heterocycles. The SMILES string of the molecule is O=C(Cn1cc(C=C2C(=O)c3ccccc3C2=O)c2cc(Br)ccc21)NCc1ccco1. The normalized spacial score (nSPS) is 13.0. The van der Waals surface area contributed by atoms with Crippen LogP contribution < -0.4 is 5.32 Å². The van der Waals surface area contributed by atoms with E-state index in [0.29, 0.717) is 29.0 Å². The molecule has 0 fully saturated rings. The number of furan rings is 1. The maximum absolute atomic E-state index is 12.8. The summed E-state index contributed by atoms with van der Waals surface area (Å²) in [7, 11) is 0. The molecule has 0 radical (unpaired) electrons. The summed E-state index contributed by atoms with van der Waals surface area (Å²) >= 11 is 3.48. The first kappa shape index (κ1) is 20.2. The van der Waals surface area contributed by atoms with E-state index in [1.807, 2.05) is 22.8 Å². The molecule has 32 heavy (non-hydrogen) atoms. The molecule has 0 saturated heterocycles. The average Bonchev–Trinajstić information content (AvgIpc) is 3.48. The monoisotopic (exact) mass is 488 g/mol. The van der Waals surface area contributed by atoms with E-state index >= 15 is 0 Å². The van der Waals surface area contributed by atoms with Crippen LogP contribution in [-0.2, 0) is 17.9 Å². The summed E-state index contributed by atoms with van der Waals surface area (Å²) in [6.45, 7) is 0.388. The molecule has 1 aliphatic carbocycles. The predicted octanol–water partition coefficient (Wildman–Crippen LogP) is 4.78. The molecule has 7 heteroatoms. The number of nitrogens with zero attached hydrogens (tertiary/aromatic N) is 1. The maximum Gasteiger partial charge on any atom is 0.240 e. The van der Waals surface area contributed by atoms with E-state index in [2.05, 4.69) is 21.2 Å². The maximum atomic E-state index is 12.8. The van der Waals surface area contributed by atoms with E-state index < -0.39 is 0 Å². The minimum atomic E-state index is -0.280. The van der Waals surface area contributed by atoms with E-state index in [9.17, 15) is 14.4 Å². The molecule has 1 amide bonds. The fourth-order valence-corrected chi connectivity index (χ4v) is 4.27. The van der Waals surface area contributed by atoms with Gasteiger partial charge in [0.1, 0.15) is 12.3 Å². The van der Waals surface area contributed by atoms with Gasteiger partial charge in [0, 0.05) is 38.3 Å². The summed E-state index contributed by atoms with van der Waals surface area (Å²) in [6.07, 6.45) is 4.97. The number of aromatic nitrogens is 1. The number of nitrogens with one attached hydrogen (secondary N) is 1. The minimum absolute atomic E-state index is 0.0874. The third kappa shape index (κ3) is 3.61. The van der Waals surface area contributed by atoms with Gasteiger partial charge < -0.3 is 14.3 Å². The van der Waals surface area contributed by atoms with E-state index in [4.69, 9.17) is 4.42 Å². The highest BCUT2D eigenvalue weighted by molar-refractivity contribution is 9.10. The lowest BCUT2D eigenvalue weighted by Gasteiger charge is -2.06. The fraction of sp³-hybridized carbons (Fsp3) is 0.0800. The number of benzene rings is 2. The Bertz CT molecular complexity index is 1380. The molecule has 0 saturated carbocycles. The summed E-state index contributed by atoms with van der Waals surface area (Å²) in [5.74, 6) is -0.0703. The summed E-state index contributed by atoms with van der Waals surface area (Å²) in [6, 6.07) is 16.1. The quantitative estimate of drug-likeness (QED) is 0.323. The lowest BCUT2D eigenvalue weighted by molar-refractivity contribution is -0.121. The largest absolute Gasteiger partial charge is 0.467 e. The fourth-order valence-electron chi connectivity index (χ4n) is 3.91. The van der Waals surface area contributed by atoms with E-state index in [0.717, 1.165) is 15.4 Å². The first-order chi connectivity index (χ1) is 15.5. The highest BCUT2D eigenvalue weighted by Gasteiger charge is 2.32. The van der Waals surface area contributed by atoms with Crippen LogP contribution in [0.3, 0.4) is 0 Å². The standard InChI is InChI=1S/C25H17BrN2O4/c26-16-7-8-22-20(11-16)15(10-21-24(30)18-5-1-2-6-19(18)25(21)31)13-28(22)14-23(29)27-12-17-4-3-9-32-17/h1-11,13H,12,14H2,(H,27,29). The molecule has 2 heterocycles. The topological polar surface area (TPSA) is 81.3 Å². The number of hydrogen-bond donors (Lipinski definition) is 1. The number of amides is 1. The first-order valence-electron chi connectivity index (χ1n) is 9.99. The lowest BCUT2D eigenvalue weighted by atomic mass is 10.1. The number of allylic oxidation sites excluding steroid dienone is 1. The molecule has 0 atom stereocenters. The molecule has 5 rings (SSSR count). The van der Waals surface area contributed by atoms with Gasteiger partial charge in [0.15, 0.2) is 11.6 Å². The van der Waals surface area contributed by atoms with Gasteiger partial charge in [-0.3, -0.25) is 14.4 Å². The van der Waals surface area contributed by atoms with Crippen LogP contribution in [0.2, 0.25) is 0 Å². The van der Waals surface area contributed by atoms with Crippen LogP contribution in [0.4, 0.5) is 0 Å². The molecule has 1 aliphatic rings. The molecule has 0 unspecified atom stereocenters. The van der Waals surface area contributed by atoms with Crippen LogP contribution in [0.15, 0.2) is 81.5 Å². The van der Waals surface area contributed by atoms with Crippen molar-refractivity contribution in [3.8, 4) is 0 Å². The van der Waals surface area contributed by atoms with Gasteiger partial charge in [-0.2, -0.15) is 0 Å². The molecule has 0 bridgehead atoms. The Balaban J connectivity index is 1.49. The highest BCUT2D eigenvalue weighted by Crippen LogP contribution is 2.31. The smallest absolute Gasteiger partial charge is 0.240 e. The zero-order valence-electron chi connectivity index (χ0n) is 16.8. The molecule has 1 N–H and O–H groups in total. The van der Waals surface area contributed by atoms with Crippen molar-refractivity contribution in [1.29, 1.82) is 0 Å². The van der Waals surface area contributed by atoms with Gasteiger partial charge in [-0.15, -0.1) is 0 Å². The number of carbonyl (C=O) groups excluding carboxylic acids is 3. The second-order valence-corrected chi connectivity index (χ2v) is 8.41. The molecule has 2 aromatic carbocycles. The summed E-state index contributed by atoms with van der Waals surface area (Å²) in [4.78, 5) is 38.2. The van der Waals surface area contributed by atoms with Crippen molar-refractivity contribution in [3.05, 3.63) is 99.6 Å². The predicted molar refractivity (Wildman–Crippen MR) is 123 cm³/mol. The Hall–Kier alpha value is -3.71. The second-order valence-electron chi connectivity index (χ2n) is 7.49. The van der Waals surface area contributed by atoms with Crippen molar-refractivity contribution in [1.82, 2.24) is 9.88 Å².